The van der Waals surface area contributed by atoms with Crippen molar-refractivity contribution >= 4 is 22.8 Å². The molecule has 0 radical (unpaired) electrons. The predicted molar refractivity (Wildman–Crippen MR) is 105 cm³/mol. The van der Waals surface area contributed by atoms with E-state index in [0.29, 0.717) is 16.5 Å². The number of carbonyl (C=O) groups excluding carboxylic acids is 2. The van der Waals surface area contributed by atoms with Crippen molar-refractivity contribution in [3.8, 4) is 0 Å². The van der Waals surface area contributed by atoms with E-state index in [0.717, 1.165) is 0 Å². The molecule has 1 saturated heterocycles. The first kappa shape index (κ1) is 18.9. The van der Waals surface area contributed by atoms with E-state index >= 15 is 0 Å². The zero-order chi connectivity index (χ0) is 20.4. The van der Waals surface area contributed by atoms with E-state index in [1.165, 1.54) is 21.9 Å². The lowest BCUT2D eigenvalue weighted by Gasteiger charge is -2.22. The summed E-state index contributed by atoms with van der Waals surface area (Å²) in [5.74, 6) is -0.995. The summed E-state index contributed by atoms with van der Waals surface area (Å²) in [5, 5.41) is 0.655. The summed E-state index contributed by atoms with van der Waals surface area (Å²) in [6.07, 6.45) is 0.110. The Hall–Kier alpha value is -3.48. The maximum Gasteiger partial charge on any atom is 0.349 e. The largest absolute Gasteiger partial charge is 0.422 e. The van der Waals surface area contributed by atoms with Gasteiger partial charge in [-0.3, -0.25) is 9.59 Å². The normalized spacial score (nSPS) is 14.9. The summed E-state index contributed by atoms with van der Waals surface area (Å²) < 4.78 is 19.2. The zero-order valence-corrected chi connectivity index (χ0v) is 15.6. The van der Waals surface area contributed by atoms with Crippen LogP contribution in [-0.4, -0.2) is 41.2 Å². The molecule has 0 bridgehead atoms. The first-order valence-electron chi connectivity index (χ1n) is 9.36. The van der Waals surface area contributed by atoms with Crippen LogP contribution in [0.1, 0.15) is 22.3 Å². The summed E-state index contributed by atoms with van der Waals surface area (Å²) in [6, 6.07) is 14.8. The van der Waals surface area contributed by atoms with Crippen LogP contribution < -0.4 is 5.63 Å². The number of para-hydroxylation sites is 1. The molecular formula is C22H19FN2O4. The van der Waals surface area contributed by atoms with Gasteiger partial charge in [-0.1, -0.05) is 36.4 Å². The Morgan fingerprint density at radius 1 is 1.00 bits per heavy atom. The van der Waals surface area contributed by atoms with Crippen molar-refractivity contribution in [3.05, 3.63) is 82.0 Å². The fourth-order valence-electron chi connectivity index (χ4n) is 3.45. The first-order chi connectivity index (χ1) is 14.0. The van der Waals surface area contributed by atoms with Gasteiger partial charge < -0.3 is 14.2 Å². The molecule has 0 aliphatic carbocycles. The standard InChI is InChI=1S/C22H19FN2O4/c23-18-7-3-1-6-16(18)14-25-12-11-24(10-9-20(25)26)21(27)17-13-15-5-2-4-8-19(15)29-22(17)28/h1-8,13H,9-12,14H2. The Bertz CT molecular complexity index is 1140. The maximum atomic E-state index is 13.9. The first-order valence-corrected chi connectivity index (χ1v) is 9.36. The monoisotopic (exact) mass is 394 g/mol. The molecule has 0 spiro atoms. The number of hydrogen-bond donors (Lipinski definition) is 0. The average Bonchev–Trinajstić information content (AvgIpc) is 2.90. The van der Waals surface area contributed by atoms with Gasteiger partial charge in [0.25, 0.3) is 5.91 Å². The topological polar surface area (TPSA) is 70.8 Å². The van der Waals surface area contributed by atoms with E-state index in [4.69, 9.17) is 4.42 Å². The lowest BCUT2D eigenvalue weighted by atomic mass is 10.1. The van der Waals surface area contributed by atoms with Crippen molar-refractivity contribution in [2.45, 2.75) is 13.0 Å². The molecule has 4 rings (SSSR count). The summed E-state index contributed by atoms with van der Waals surface area (Å²) in [6.45, 7) is 0.854. The number of amides is 2. The second-order valence-corrected chi connectivity index (χ2v) is 6.93. The highest BCUT2D eigenvalue weighted by Gasteiger charge is 2.27. The van der Waals surface area contributed by atoms with Gasteiger partial charge in [0, 0.05) is 43.5 Å². The van der Waals surface area contributed by atoms with Crippen LogP contribution in [0.2, 0.25) is 0 Å². The quantitative estimate of drug-likeness (QED) is 0.641. The van der Waals surface area contributed by atoms with Gasteiger partial charge in [0.15, 0.2) is 0 Å². The molecular weight excluding hydrogens is 375 g/mol. The predicted octanol–water partition coefficient (Wildman–Crippen LogP) is 2.81. The van der Waals surface area contributed by atoms with Crippen LogP contribution >= 0.6 is 0 Å². The number of hydrogen-bond acceptors (Lipinski definition) is 4. The molecule has 3 aromatic rings. The average molecular weight is 394 g/mol. The number of fused-ring (bicyclic) bond motifs is 1. The van der Waals surface area contributed by atoms with E-state index < -0.39 is 11.5 Å². The molecule has 148 valence electrons. The molecule has 2 amide bonds. The van der Waals surface area contributed by atoms with E-state index in [1.807, 2.05) is 0 Å². The van der Waals surface area contributed by atoms with Crippen molar-refractivity contribution in [1.82, 2.24) is 9.80 Å². The van der Waals surface area contributed by atoms with Crippen LogP contribution in [0.5, 0.6) is 0 Å². The van der Waals surface area contributed by atoms with Crippen LogP contribution in [0.25, 0.3) is 11.0 Å². The molecule has 0 saturated carbocycles. The second-order valence-electron chi connectivity index (χ2n) is 6.93. The molecule has 7 heteroatoms. The Kier molecular flexibility index (Phi) is 5.12. The van der Waals surface area contributed by atoms with E-state index in [9.17, 15) is 18.8 Å². The second kappa shape index (κ2) is 7.87. The van der Waals surface area contributed by atoms with Crippen molar-refractivity contribution in [1.29, 1.82) is 0 Å². The molecule has 1 aliphatic heterocycles. The number of carbonyl (C=O) groups is 2. The van der Waals surface area contributed by atoms with Gasteiger partial charge in [0.05, 0.1) is 0 Å². The van der Waals surface area contributed by atoms with Crippen molar-refractivity contribution < 1.29 is 18.4 Å². The van der Waals surface area contributed by atoms with Crippen LogP contribution in [0.15, 0.2) is 63.8 Å². The van der Waals surface area contributed by atoms with Crippen molar-refractivity contribution in [3.63, 3.8) is 0 Å². The molecule has 6 nitrogen and oxygen atoms in total. The summed E-state index contributed by atoms with van der Waals surface area (Å²) in [7, 11) is 0. The SMILES string of the molecule is O=C1CCN(C(=O)c2cc3ccccc3oc2=O)CCN1Cc1ccccc1F. The summed E-state index contributed by atoms with van der Waals surface area (Å²) in [4.78, 5) is 40.7. The Labute approximate surface area is 166 Å². The lowest BCUT2D eigenvalue weighted by Crippen LogP contribution is -2.37. The number of nitrogens with zero attached hydrogens (tertiary/aromatic N) is 2. The maximum absolute atomic E-state index is 13.9. The molecule has 1 aromatic heterocycles. The van der Waals surface area contributed by atoms with Gasteiger partial charge in [0.1, 0.15) is 17.0 Å². The van der Waals surface area contributed by atoms with Gasteiger partial charge in [-0.15, -0.1) is 0 Å². The molecule has 1 aliphatic rings. The Morgan fingerprint density at radius 3 is 2.59 bits per heavy atom. The number of rotatable bonds is 3. The molecule has 0 atom stereocenters. The molecule has 0 unspecified atom stereocenters. The third-order valence-electron chi connectivity index (χ3n) is 5.07. The van der Waals surface area contributed by atoms with Gasteiger partial charge in [0.2, 0.25) is 5.91 Å². The summed E-state index contributed by atoms with van der Waals surface area (Å²) in [5.41, 5.74) is 0.0816. The molecule has 29 heavy (non-hydrogen) atoms. The summed E-state index contributed by atoms with van der Waals surface area (Å²) >= 11 is 0. The van der Waals surface area contributed by atoms with Crippen LogP contribution in [0.4, 0.5) is 4.39 Å². The van der Waals surface area contributed by atoms with Gasteiger partial charge in [-0.25, -0.2) is 9.18 Å². The number of halogens is 1. The van der Waals surface area contributed by atoms with Crippen molar-refractivity contribution in [2.75, 3.05) is 19.6 Å². The van der Waals surface area contributed by atoms with Gasteiger partial charge in [-0.05, 0) is 18.2 Å². The fourth-order valence-corrected chi connectivity index (χ4v) is 3.45. The smallest absolute Gasteiger partial charge is 0.349 e. The zero-order valence-electron chi connectivity index (χ0n) is 15.6. The van der Waals surface area contributed by atoms with Crippen LogP contribution in [-0.2, 0) is 11.3 Å². The van der Waals surface area contributed by atoms with Gasteiger partial charge in [-0.2, -0.15) is 0 Å². The highest BCUT2D eigenvalue weighted by molar-refractivity contribution is 5.97. The van der Waals surface area contributed by atoms with E-state index in [2.05, 4.69) is 0 Å². The minimum atomic E-state index is -0.701. The third-order valence-corrected chi connectivity index (χ3v) is 5.07. The minimum Gasteiger partial charge on any atom is -0.422 e. The molecule has 2 aromatic carbocycles. The minimum absolute atomic E-state index is 0.0568. The van der Waals surface area contributed by atoms with Crippen molar-refractivity contribution in [2.24, 2.45) is 0 Å². The Morgan fingerprint density at radius 2 is 1.76 bits per heavy atom. The number of benzene rings is 2. The highest BCUT2D eigenvalue weighted by Crippen LogP contribution is 2.16. The molecule has 1 fully saturated rings. The van der Waals surface area contributed by atoms with E-state index in [1.54, 1.807) is 42.5 Å². The third kappa shape index (κ3) is 3.89. The van der Waals surface area contributed by atoms with Gasteiger partial charge >= 0.3 is 5.63 Å². The Balaban J connectivity index is 1.53. The van der Waals surface area contributed by atoms with Crippen LogP contribution in [0.3, 0.4) is 0 Å². The van der Waals surface area contributed by atoms with Crippen LogP contribution in [0, 0.1) is 5.82 Å². The molecule has 2 heterocycles. The van der Waals surface area contributed by atoms with E-state index in [-0.39, 0.29) is 49.9 Å². The molecule has 0 N–H and O–H groups in total. The lowest BCUT2D eigenvalue weighted by molar-refractivity contribution is -0.130. The highest BCUT2D eigenvalue weighted by atomic mass is 19.1. The fraction of sp³-hybridized carbons (Fsp3) is 0.227.